The van der Waals surface area contributed by atoms with Crippen LogP contribution in [0.25, 0.3) is 0 Å². The minimum Gasteiger partial charge on any atom is -0.336 e. The maximum atomic E-state index is 13.2. The number of sulfonamides is 1. The molecular formula is C23H29FN2O3S. The predicted octanol–water partition coefficient (Wildman–Crippen LogP) is 4.15. The number of carbonyl (C=O) groups is 1. The first-order valence-corrected chi connectivity index (χ1v) is 11.9. The summed E-state index contributed by atoms with van der Waals surface area (Å²) in [5, 5.41) is 0. The molecule has 3 rings (SSSR count). The Balaban J connectivity index is 1.62. The highest BCUT2D eigenvalue weighted by molar-refractivity contribution is 7.89. The van der Waals surface area contributed by atoms with Gasteiger partial charge in [-0.15, -0.1) is 0 Å². The van der Waals surface area contributed by atoms with Crippen molar-refractivity contribution >= 4 is 15.9 Å². The molecule has 1 atom stereocenters. The summed E-state index contributed by atoms with van der Waals surface area (Å²) in [4.78, 5) is 15.0. The quantitative estimate of drug-likeness (QED) is 0.630. The Kier molecular flexibility index (Phi) is 7.26. The lowest BCUT2D eigenvalue weighted by Gasteiger charge is -2.25. The van der Waals surface area contributed by atoms with Gasteiger partial charge in [-0.3, -0.25) is 4.79 Å². The molecule has 7 heteroatoms. The molecular weight excluding hydrogens is 403 g/mol. The standard InChI is InChI=1S/C23H29FN2O3S/c1-3-25(4-2)30(28,29)21-14-7-18(8-15-21)9-16-23(27)26-17-5-6-22(26)19-10-12-20(24)13-11-19/h7-8,10-15,22H,3-6,9,16-17H2,1-2H3. The largest absolute Gasteiger partial charge is 0.336 e. The summed E-state index contributed by atoms with van der Waals surface area (Å²) < 4.78 is 39.8. The Hall–Kier alpha value is -2.25. The number of benzene rings is 2. The van der Waals surface area contributed by atoms with E-state index in [4.69, 9.17) is 0 Å². The zero-order valence-corrected chi connectivity index (χ0v) is 18.4. The van der Waals surface area contributed by atoms with Gasteiger partial charge in [-0.05, 0) is 54.7 Å². The Morgan fingerprint density at radius 1 is 1.07 bits per heavy atom. The highest BCUT2D eigenvalue weighted by Gasteiger charge is 2.29. The summed E-state index contributed by atoms with van der Waals surface area (Å²) in [6.07, 6.45) is 2.73. The van der Waals surface area contributed by atoms with Gasteiger partial charge in [0, 0.05) is 26.1 Å². The highest BCUT2D eigenvalue weighted by Crippen LogP contribution is 2.32. The van der Waals surface area contributed by atoms with Crippen LogP contribution in [-0.2, 0) is 21.2 Å². The molecule has 2 aromatic carbocycles. The van der Waals surface area contributed by atoms with Crippen LogP contribution in [0.1, 0.15) is 50.3 Å². The summed E-state index contributed by atoms with van der Waals surface area (Å²) >= 11 is 0. The number of amides is 1. The molecule has 2 aromatic rings. The topological polar surface area (TPSA) is 57.7 Å². The molecule has 0 N–H and O–H groups in total. The summed E-state index contributed by atoms with van der Waals surface area (Å²) in [5.41, 5.74) is 1.90. The third-order valence-electron chi connectivity index (χ3n) is 5.72. The van der Waals surface area contributed by atoms with Crippen molar-refractivity contribution in [1.82, 2.24) is 9.21 Å². The lowest BCUT2D eigenvalue weighted by atomic mass is 10.0. The van der Waals surface area contributed by atoms with E-state index in [1.165, 1.54) is 16.4 Å². The molecule has 0 aromatic heterocycles. The van der Waals surface area contributed by atoms with Crippen molar-refractivity contribution in [2.24, 2.45) is 0 Å². The third-order valence-corrected chi connectivity index (χ3v) is 7.79. The van der Waals surface area contributed by atoms with Crippen molar-refractivity contribution in [1.29, 1.82) is 0 Å². The Morgan fingerprint density at radius 2 is 1.70 bits per heavy atom. The maximum absolute atomic E-state index is 13.2. The minimum absolute atomic E-state index is 0.000287. The Bertz CT molecular complexity index is 955. The predicted molar refractivity (Wildman–Crippen MR) is 115 cm³/mol. The number of hydrogen-bond donors (Lipinski definition) is 0. The highest BCUT2D eigenvalue weighted by atomic mass is 32.2. The fourth-order valence-corrected chi connectivity index (χ4v) is 5.49. The smallest absolute Gasteiger partial charge is 0.243 e. The second-order valence-corrected chi connectivity index (χ2v) is 9.47. The fraction of sp³-hybridized carbons (Fsp3) is 0.435. The van der Waals surface area contributed by atoms with Crippen LogP contribution in [0.4, 0.5) is 4.39 Å². The number of halogens is 1. The average Bonchev–Trinajstić information content (AvgIpc) is 3.23. The second kappa shape index (κ2) is 9.71. The van der Waals surface area contributed by atoms with E-state index in [9.17, 15) is 17.6 Å². The van der Waals surface area contributed by atoms with Crippen LogP contribution in [0, 0.1) is 5.82 Å². The molecule has 1 unspecified atom stereocenters. The number of likely N-dealkylation sites (tertiary alicyclic amines) is 1. The number of nitrogens with zero attached hydrogens (tertiary/aromatic N) is 2. The normalized spacial score (nSPS) is 16.9. The van der Waals surface area contributed by atoms with Crippen LogP contribution in [0.15, 0.2) is 53.4 Å². The molecule has 30 heavy (non-hydrogen) atoms. The molecule has 1 aliphatic heterocycles. The van der Waals surface area contributed by atoms with Gasteiger partial charge < -0.3 is 4.90 Å². The van der Waals surface area contributed by atoms with Gasteiger partial charge in [-0.2, -0.15) is 4.31 Å². The lowest BCUT2D eigenvalue weighted by Crippen LogP contribution is -2.31. The molecule has 1 fully saturated rings. The average molecular weight is 433 g/mol. The van der Waals surface area contributed by atoms with Gasteiger partial charge in [0.15, 0.2) is 0 Å². The molecule has 0 saturated carbocycles. The first kappa shape index (κ1) is 22.4. The third kappa shape index (κ3) is 4.90. The summed E-state index contributed by atoms with van der Waals surface area (Å²) in [7, 11) is -3.47. The van der Waals surface area contributed by atoms with Crippen LogP contribution >= 0.6 is 0 Å². The molecule has 1 aliphatic rings. The van der Waals surface area contributed by atoms with Gasteiger partial charge in [0.05, 0.1) is 10.9 Å². The van der Waals surface area contributed by atoms with Gasteiger partial charge in [-0.25, -0.2) is 12.8 Å². The van der Waals surface area contributed by atoms with Crippen LogP contribution < -0.4 is 0 Å². The minimum atomic E-state index is -3.47. The summed E-state index contributed by atoms with van der Waals surface area (Å²) in [6, 6.07) is 13.2. The van der Waals surface area contributed by atoms with Gasteiger partial charge in [0.1, 0.15) is 5.82 Å². The molecule has 0 bridgehead atoms. The molecule has 0 aliphatic carbocycles. The van der Waals surface area contributed by atoms with E-state index in [2.05, 4.69) is 0 Å². The molecule has 1 saturated heterocycles. The Labute approximate surface area is 178 Å². The SMILES string of the molecule is CCN(CC)S(=O)(=O)c1ccc(CCC(=O)N2CCCC2c2ccc(F)cc2)cc1. The molecule has 162 valence electrons. The van der Waals surface area contributed by atoms with Crippen LogP contribution in [-0.4, -0.2) is 43.2 Å². The first-order valence-electron chi connectivity index (χ1n) is 10.5. The fourth-order valence-electron chi connectivity index (χ4n) is 4.03. The molecule has 1 heterocycles. The maximum Gasteiger partial charge on any atom is 0.243 e. The molecule has 5 nitrogen and oxygen atoms in total. The van der Waals surface area contributed by atoms with Gasteiger partial charge >= 0.3 is 0 Å². The van der Waals surface area contributed by atoms with Crippen molar-refractivity contribution in [3.8, 4) is 0 Å². The summed E-state index contributed by atoms with van der Waals surface area (Å²) in [6.45, 7) is 5.21. The van der Waals surface area contributed by atoms with Gasteiger partial charge in [-0.1, -0.05) is 38.1 Å². The number of hydrogen-bond acceptors (Lipinski definition) is 3. The molecule has 0 spiro atoms. The van der Waals surface area contributed by atoms with Crippen molar-refractivity contribution in [2.75, 3.05) is 19.6 Å². The van der Waals surface area contributed by atoms with E-state index in [-0.39, 0.29) is 22.7 Å². The van der Waals surface area contributed by atoms with Crippen molar-refractivity contribution < 1.29 is 17.6 Å². The van der Waals surface area contributed by atoms with Crippen molar-refractivity contribution in [3.63, 3.8) is 0 Å². The zero-order chi connectivity index (χ0) is 21.7. The molecule has 0 radical (unpaired) electrons. The van der Waals surface area contributed by atoms with Gasteiger partial charge in [0.2, 0.25) is 15.9 Å². The second-order valence-electron chi connectivity index (χ2n) is 7.53. The van der Waals surface area contributed by atoms with E-state index < -0.39 is 10.0 Å². The van der Waals surface area contributed by atoms with E-state index in [0.29, 0.717) is 32.5 Å². The monoisotopic (exact) mass is 432 g/mol. The number of carbonyl (C=O) groups excluding carboxylic acids is 1. The Morgan fingerprint density at radius 3 is 2.30 bits per heavy atom. The first-order chi connectivity index (χ1) is 14.4. The van der Waals surface area contributed by atoms with Gasteiger partial charge in [0.25, 0.3) is 0 Å². The van der Waals surface area contributed by atoms with Crippen molar-refractivity contribution in [2.45, 2.75) is 50.5 Å². The summed E-state index contributed by atoms with van der Waals surface area (Å²) in [5.74, 6) is -0.206. The lowest BCUT2D eigenvalue weighted by molar-refractivity contribution is -0.132. The van der Waals surface area contributed by atoms with Crippen LogP contribution in [0.3, 0.4) is 0 Å². The zero-order valence-electron chi connectivity index (χ0n) is 17.6. The van der Waals surface area contributed by atoms with E-state index in [1.807, 2.05) is 18.7 Å². The van der Waals surface area contributed by atoms with Crippen molar-refractivity contribution in [3.05, 3.63) is 65.5 Å². The van der Waals surface area contributed by atoms with E-state index in [0.717, 1.165) is 24.0 Å². The molecule has 1 amide bonds. The van der Waals surface area contributed by atoms with Crippen LogP contribution in [0.2, 0.25) is 0 Å². The van der Waals surface area contributed by atoms with E-state index in [1.54, 1.807) is 36.4 Å². The number of rotatable bonds is 8. The van der Waals surface area contributed by atoms with E-state index >= 15 is 0 Å². The van der Waals surface area contributed by atoms with Crippen LogP contribution in [0.5, 0.6) is 0 Å². The number of aryl methyl sites for hydroxylation is 1.